The van der Waals surface area contributed by atoms with E-state index >= 15 is 0 Å². The summed E-state index contributed by atoms with van der Waals surface area (Å²) in [7, 11) is 0. The predicted molar refractivity (Wildman–Crippen MR) is 64.0 cm³/mol. The molecular weight excluding hydrogens is 238 g/mol. The van der Waals surface area contributed by atoms with Crippen molar-refractivity contribution in [3.05, 3.63) is 0 Å². The maximum absolute atomic E-state index is 11.5. The third-order valence-electron chi connectivity index (χ3n) is 2.65. The number of carbonyl (C=O) groups excluding carboxylic acids is 2. The molecule has 1 saturated heterocycles. The van der Waals surface area contributed by atoms with Crippen molar-refractivity contribution in [2.24, 2.45) is 5.92 Å². The summed E-state index contributed by atoms with van der Waals surface area (Å²) in [4.78, 5) is 34.9. The smallest absolute Gasteiger partial charge is 0.315 e. The van der Waals surface area contributed by atoms with E-state index in [9.17, 15) is 14.4 Å². The Kier molecular flexibility index (Phi) is 4.94. The van der Waals surface area contributed by atoms with Gasteiger partial charge < -0.3 is 20.6 Å². The van der Waals surface area contributed by atoms with Crippen molar-refractivity contribution in [2.75, 3.05) is 19.6 Å². The van der Waals surface area contributed by atoms with Crippen molar-refractivity contribution >= 4 is 17.9 Å². The van der Waals surface area contributed by atoms with Gasteiger partial charge >= 0.3 is 12.0 Å². The van der Waals surface area contributed by atoms with Crippen LogP contribution in [0.4, 0.5) is 4.79 Å². The predicted octanol–water partition coefficient (Wildman–Crippen LogP) is -0.373. The summed E-state index contributed by atoms with van der Waals surface area (Å²) in [5.74, 6) is -1.74. The van der Waals surface area contributed by atoms with Gasteiger partial charge in [-0.2, -0.15) is 0 Å². The summed E-state index contributed by atoms with van der Waals surface area (Å²) in [5, 5.41) is 14.1. The number of amides is 3. The van der Waals surface area contributed by atoms with E-state index in [0.29, 0.717) is 13.1 Å². The molecule has 3 N–H and O–H groups in total. The van der Waals surface area contributed by atoms with Gasteiger partial charge in [0.25, 0.3) is 0 Å². The highest BCUT2D eigenvalue weighted by Crippen LogP contribution is 2.16. The molecule has 7 heteroatoms. The lowest BCUT2D eigenvalue weighted by atomic mass is 10.1. The van der Waals surface area contributed by atoms with Crippen LogP contribution in [0.25, 0.3) is 0 Å². The van der Waals surface area contributed by atoms with E-state index in [2.05, 4.69) is 10.6 Å². The van der Waals surface area contributed by atoms with Crippen LogP contribution in [-0.2, 0) is 9.59 Å². The normalized spacial score (nSPS) is 19.2. The fourth-order valence-electron chi connectivity index (χ4n) is 1.77. The van der Waals surface area contributed by atoms with Crippen molar-refractivity contribution in [3.63, 3.8) is 0 Å². The molecule has 1 aliphatic rings. The molecule has 0 bridgehead atoms. The number of likely N-dealkylation sites (tertiary alicyclic amines) is 1. The zero-order valence-corrected chi connectivity index (χ0v) is 10.6. The minimum absolute atomic E-state index is 0.0491. The quantitative estimate of drug-likeness (QED) is 0.625. The second-order valence-corrected chi connectivity index (χ2v) is 4.63. The molecule has 0 radical (unpaired) electrons. The molecule has 102 valence electrons. The molecule has 18 heavy (non-hydrogen) atoms. The maximum Gasteiger partial charge on any atom is 0.315 e. The lowest BCUT2D eigenvalue weighted by Crippen LogP contribution is -2.43. The zero-order chi connectivity index (χ0) is 13.7. The first-order valence-electron chi connectivity index (χ1n) is 5.95. The van der Waals surface area contributed by atoms with E-state index in [1.807, 2.05) is 13.8 Å². The van der Waals surface area contributed by atoms with Crippen LogP contribution >= 0.6 is 0 Å². The fraction of sp³-hybridized carbons (Fsp3) is 0.727. The molecule has 3 amide bonds. The largest absolute Gasteiger partial charge is 0.481 e. The first kappa shape index (κ1) is 14.3. The van der Waals surface area contributed by atoms with Crippen LogP contribution in [0.15, 0.2) is 0 Å². The molecule has 7 nitrogen and oxygen atoms in total. The number of nitrogens with one attached hydrogen (secondary N) is 2. The van der Waals surface area contributed by atoms with Gasteiger partial charge in [-0.15, -0.1) is 0 Å². The fourth-order valence-corrected chi connectivity index (χ4v) is 1.77. The number of rotatable bonds is 5. The van der Waals surface area contributed by atoms with E-state index in [1.165, 1.54) is 4.90 Å². The molecule has 0 spiro atoms. The van der Waals surface area contributed by atoms with Crippen molar-refractivity contribution in [1.82, 2.24) is 15.5 Å². The van der Waals surface area contributed by atoms with Gasteiger partial charge in [-0.1, -0.05) is 0 Å². The number of carboxylic acid groups (broad SMARTS) is 1. The average molecular weight is 257 g/mol. The summed E-state index contributed by atoms with van der Waals surface area (Å²) in [5.41, 5.74) is 0. The van der Waals surface area contributed by atoms with Gasteiger partial charge in [-0.3, -0.25) is 9.59 Å². The number of aliphatic carboxylic acids is 1. The monoisotopic (exact) mass is 257 g/mol. The zero-order valence-electron chi connectivity index (χ0n) is 10.6. The van der Waals surface area contributed by atoms with Crippen LogP contribution in [0.3, 0.4) is 0 Å². The van der Waals surface area contributed by atoms with Crippen molar-refractivity contribution < 1.29 is 19.5 Å². The third-order valence-corrected chi connectivity index (χ3v) is 2.65. The molecule has 1 heterocycles. The van der Waals surface area contributed by atoms with Crippen LogP contribution in [0.1, 0.15) is 20.3 Å². The van der Waals surface area contributed by atoms with E-state index < -0.39 is 11.9 Å². The van der Waals surface area contributed by atoms with Crippen LogP contribution in [0, 0.1) is 5.92 Å². The maximum atomic E-state index is 11.5. The molecule has 1 rings (SSSR count). The summed E-state index contributed by atoms with van der Waals surface area (Å²) in [6.45, 7) is 4.58. The Morgan fingerprint density at radius 3 is 2.67 bits per heavy atom. The van der Waals surface area contributed by atoms with Crippen LogP contribution in [0.5, 0.6) is 0 Å². The molecule has 0 aromatic heterocycles. The van der Waals surface area contributed by atoms with Gasteiger partial charge in [0, 0.05) is 32.1 Å². The first-order valence-corrected chi connectivity index (χ1v) is 5.95. The van der Waals surface area contributed by atoms with Gasteiger partial charge in [0.2, 0.25) is 5.91 Å². The Balaban J connectivity index is 2.26. The lowest BCUT2D eigenvalue weighted by molar-refractivity contribution is -0.141. The van der Waals surface area contributed by atoms with E-state index in [4.69, 9.17) is 5.11 Å². The van der Waals surface area contributed by atoms with Crippen molar-refractivity contribution in [1.29, 1.82) is 0 Å². The molecule has 0 saturated carbocycles. The highest BCUT2D eigenvalue weighted by molar-refractivity contribution is 5.86. The number of carboxylic acids is 1. The Bertz CT molecular complexity index is 343. The molecule has 0 aromatic rings. The Labute approximate surface area is 106 Å². The number of urea groups is 1. The highest BCUT2D eigenvalue weighted by atomic mass is 16.4. The molecule has 1 unspecified atom stereocenters. The molecule has 0 aromatic carbocycles. The molecule has 1 aliphatic heterocycles. The van der Waals surface area contributed by atoms with E-state index in [0.717, 1.165) is 0 Å². The second kappa shape index (κ2) is 6.23. The van der Waals surface area contributed by atoms with Gasteiger partial charge in [-0.05, 0) is 13.8 Å². The van der Waals surface area contributed by atoms with E-state index in [-0.39, 0.29) is 30.9 Å². The van der Waals surface area contributed by atoms with E-state index in [1.54, 1.807) is 0 Å². The standard InChI is InChI=1S/C11H19N3O4/c1-7(2)13-11(18)12-3-4-14-6-8(10(16)17)5-9(14)15/h7-8H,3-6H2,1-2H3,(H,16,17)(H2,12,13,18). The number of carbonyl (C=O) groups is 3. The van der Waals surface area contributed by atoms with Gasteiger partial charge in [-0.25, -0.2) is 4.79 Å². The van der Waals surface area contributed by atoms with Gasteiger partial charge in [0.05, 0.1) is 5.92 Å². The molecule has 0 aliphatic carbocycles. The second-order valence-electron chi connectivity index (χ2n) is 4.63. The van der Waals surface area contributed by atoms with Crippen LogP contribution in [0.2, 0.25) is 0 Å². The Morgan fingerprint density at radius 2 is 2.17 bits per heavy atom. The molecular formula is C11H19N3O4. The van der Waals surface area contributed by atoms with Crippen molar-refractivity contribution in [3.8, 4) is 0 Å². The summed E-state index contributed by atoms with van der Waals surface area (Å²) < 4.78 is 0. The highest BCUT2D eigenvalue weighted by Gasteiger charge is 2.33. The number of nitrogens with zero attached hydrogens (tertiary/aromatic N) is 1. The van der Waals surface area contributed by atoms with Gasteiger partial charge in [0.1, 0.15) is 0 Å². The minimum atomic E-state index is -0.948. The molecule has 1 atom stereocenters. The summed E-state index contributed by atoms with van der Waals surface area (Å²) >= 11 is 0. The van der Waals surface area contributed by atoms with Crippen LogP contribution in [-0.4, -0.2) is 53.6 Å². The number of hydrogen-bond donors (Lipinski definition) is 3. The van der Waals surface area contributed by atoms with Crippen LogP contribution < -0.4 is 10.6 Å². The minimum Gasteiger partial charge on any atom is -0.481 e. The summed E-state index contributed by atoms with van der Waals surface area (Å²) in [6, 6.07) is -0.235. The average Bonchev–Trinajstić information content (AvgIpc) is 2.59. The lowest BCUT2D eigenvalue weighted by Gasteiger charge is -2.17. The SMILES string of the molecule is CC(C)NC(=O)NCCN1CC(C(=O)O)CC1=O. The molecule has 1 fully saturated rings. The number of hydrogen-bond acceptors (Lipinski definition) is 3. The topological polar surface area (TPSA) is 98.7 Å². The third kappa shape index (κ3) is 4.23. The Morgan fingerprint density at radius 1 is 1.50 bits per heavy atom. The first-order chi connectivity index (χ1) is 8.40. The van der Waals surface area contributed by atoms with Crippen molar-refractivity contribution in [2.45, 2.75) is 26.3 Å². The van der Waals surface area contributed by atoms with Gasteiger partial charge in [0.15, 0.2) is 0 Å². The summed E-state index contributed by atoms with van der Waals surface area (Å²) in [6.07, 6.45) is 0.0491. The Hall–Kier alpha value is -1.79.